The van der Waals surface area contributed by atoms with Crippen LogP contribution in [0, 0.1) is 6.92 Å². The summed E-state index contributed by atoms with van der Waals surface area (Å²) >= 11 is 0. The summed E-state index contributed by atoms with van der Waals surface area (Å²) in [6.07, 6.45) is 0.499. The maximum Gasteiger partial charge on any atom is 0.240 e. The van der Waals surface area contributed by atoms with Crippen molar-refractivity contribution in [2.45, 2.75) is 55.1 Å². The van der Waals surface area contributed by atoms with Gasteiger partial charge in [-0.1, -0.05) is 48.0 Å². The van der Waals surface area contributed by atoms with E-state index in [9.17, 15) is 21.9 Å². The van der Waals surface area contributed by atoms with E-state index in [1.165, 1.54) is 0 Å². The molecule has 176 valence electrons. The molecule has 3 atom stereocenters. The van der Waals surface area contributed by atoms with Gasteiger partial charge in [-0.25, -0.2) is 26.3 Å². The third-order valence-electron chi connectivity index (χ3n) is 5.42. The normalized spacial score (nSPS) is 22.0. The van der Waals surface area contributed by atoms with Gasteiger partial charge in [0, 0.05) is 6.54 Å². The molecule has 0 spiro atoms. The SMILES string of the molecule is Cc1ccc(S(=O)(=O)N[C@H]2CC[C@@H](CCNS(=O)(=O)Cc3ccccc3)O[C@@H]2CO)cc1. The van der Waals surface area contributed by atoms with Gasteiger partial charge in [-0.15, -0.1) is 0 Å². The zero-order valence-corrected chi connectivity index (χ0v) is 19.6. The van der Waals surface area contributed by atoms with E-state index < -0.39 is 32.2 Å². The van der Waals surface area contributed by atoms with Gasteiger partial charge in [0.25, 0.3) is 0 Å². The molecular weight excluding hydrogens is 452 g/mol. The van der Waals surface area contributed by atoms with Crippen LogP contribution in [0.4, 0.5) is 0 Å². The van der Waals surface area contributed by atoms with Gasteiger partial charge in [-0.2, -0.15) is 0 Å². The highest BCUT2D eigenvalue weighted by Gasteiger charge is 2.34. The van der Waals surface area contributed by atoms with Gasteiger partial charge in [0.15, 0.2) is 0 Å². The second-order valence-electron chi connectivity index (χ2n) is 8.02. The van der Waals surface area contributed by atoms with Crippen LogP contribution in [0.3, 0.4) is 0 Å². The average Bonchev–Trinajstić information content (AvgIpc) is 2.75. The molecule has 0 amide bonds. The second kappa shape index (κ2) is 10.9. The Labute approximate surface area is 190 Å². The maximum absolute atomic E-state index is 12.7. The summed E-state index contributed by atoms with van der Waals surface area (Å²) in [5.74, 6) is -0.0957. The topological polar surface area (TPSA) is 122 Å². The molecule has 8 nitrogen and oxygen atoms in total. The largest absolute Gasteiger partial charge is 0.394 e. The van der Waals surface area contributed by atoms with Crippen LogP contribution in [0.25, 0.3) is 0 Å². The Hall–Kier alpha value is -1.82. The zero-order chi connectivity index (χ0) is 23.2. The molecule has 0 radical (unpaired) electrons. The van der Waals surface area contributed by atoms with E-state index in [-0.39, 0.29) is 29.9 Å². The Morgan fingerprint density at radius 1 is 1.00 bits per heavy atom. The lowest BCUT2D eigenvalue weighted by Crippen LogP contribution is -2.51. The molecule has 32 heavy (non-hydrogen) atoms. The van der Waals surface area contributed by atoms with Crippen molar-refractivity contribution in [1.82, 2.24) is 9.44 Å². The first-order chi connectivity index (χ1) is 15.2. The quantitative estimate of drug-likeness (QED) is 0.474. The Balaban J connectivity index is 1.50. The first-order valence-corrected chi connectivity index (χ1v) is 13.7. The minimum absolute atomic E-state index is 0.0957. The molecule has 0 aliphatic carbocycles. The number of benzene rings is 2. The second-order valence-corrected chi connectivity index (χ2v) is 11.5. The van der Waals surface area contributed by atoms with Crippen molar-refractivity contribution in [3.05, 3.63) is 65.7 Å². The van der Waals surface area contributed by atoms with Crippen LogP contribution >= 0.6 is 0 Å². The zero-order valence-electron chi connectivity index (χ0n) is 18.0. The molecule has 10 heteroatoms. The van der Waals surface area contributed by atoms with Crippen LogP contribution in [-0.2, 0) is 30.5 Å². The van der Waals surface area contributed by atoms with Crippen LogP contribution in [0.15, 0.2) is 59.5 Å². The molecule has 2 aromatic carbocycles. The average molecular weight is 483 g/mol. The van der Waals surface area contributed by atoms with E-state index in [1.807, 2.05) is 13.0 Å². The van der Waals surface area contributed by atoms with Crippen molar-refractivity contribution in [2.75, 3.05) is 13.2 Å². The number of aliphatic hydroxyl groups is 1. The van der Waals surface area contributed by atoms with E-state index in [2.05, 4.69) is 9.44 Å². The lowest BCUT2D eigenvalue weighted by molar-refractivity contribution is -0.0869. The van der Waals surface area contributed by atoms with Crippen LogP contribution < -0.4 is 9.44 Å². The minimum Gasteiger partial charge on any atom is -0.394 e. The lowest BCUT2D eigenvalue weighted by atomic mass is 9.98. The summed E-state index contributed by atoms with van der Waals surface area (Å²) in [5.41, 5.74) is 1.67. The fourth-order valence-corrected chi connectivity index (χ4v) is 6.14. The van der Waals surface area contributed by atoms with E-state index in [0.29, 0.717) is 24.8 Å². The van der Waals surface area contributed by atoms with Crippen molar-refractivity contribution in [1.29, 1.82) is 0 Å². The summed E-state index contributed by atoms with van der Waals surface area (Å²) in [7, 11) is -7.21. The van der Waals surface area contributed by atoms with Gasteiger partial charge in [0.2, 0.25) is 20.0 Å². The van der Waals surface area contributed by atoms with Gasteiger partial charge in [-0.05, 0) is 43.9 Å². The number of aliphatic hydroxyl groups excluding tert-OH is 1. The van der Waals surface area contributed by atoms with Crippen molar-refractivity contribution >= 4 is 20.0 Å². The highest BCUT2D eigenvalue weighted by Crippen LogP contribution is 2.23. The maximum atomic E-state index is 12.7. The molecule has 2 aromatic rings. The van der Waals surface area contributed by atoms with Crippen LogP contribution in [0.5, 0.6) is 0 Å². The van der Waals surface area contributed by atoms with Gasteiger partial charge in [0.05, 0.1) is 35.5 Å². The summed E-state index contributed by atoms with van der Waals surface area (Å²) in [6.45, 7) is 1.75. The fraction of sp³-hybridized carbons (Fsp3) is 0.455. The van der Waals surface area contributed by atoms with Crippen LogP contribution in [-0.4, -0.2) is 53.3 Å². The Morgan fingerprint density at radius 3 is 2.34 bits per heavy atom. The molecule has 0 unspecified atom stereocenters. The third-order valence-corrected chi connectivity index (χ3v) is 8.28. The molecule has 1 fully saturated rings. The highest BCUT2D eigenvalue weighted by molar-refractivity contribution is 7.89. The number of hydrogen-bond donors (Lipinski definition) is 3. The number of hydrogen-bond acceptors (Lipinski definition) is 6. The molecule has 1 heterocycles. The number of ether oxygens (including phenoxy) is 1. The monoisotopic (exact) mass is 482 g/mol. The minimum atomic E-state index is -3.74. The first-order valence-electron chi connectivity index (χ1n) is 10.5. The van der Waals surface area contributed by atoms with Gasteiger partial charge in [0.1, 0.15) is 0 Å². The molecule has 1 saturated heterocycles. The molecule has 0 bridgehead atoms. The standard InChI is InChI=1S/C22H30N2O6S2/c1-17-7-10-20(11-8-17)32(28,29)24-21-12-9-19(30-22(21)15-25)13-14-23-31(26,27)16-18-5-3-2-4-6-18/h2-8,10-11,19,21-25H,9,12-16H2,1H3/t19-,21-,22+/m0/s1. The van der Waals surface area contributed by atoms with Gasteiger partial charge in [-0.3, -0.25) is 0 Å². The van der Waals surface area contributed by atoms with Crippen LogP contribution in [0.1, 0.15) is 30.4 Å². The van der Waals surface area contributed by atoms with E-state index in [0.717, 1.165) is 5.56 Å². The molecule has 3 N–H and O–H groups in total. The lowest BCUT2D eigenvalue weighted by Gasteiger charge is -2.36. The number of rotatable bonds is 10. The van der Waals surface area contributed by atoms with Crippen LogP contribution in [0.2, 0.25) is 0 Å². The number of sulfonamides is 2. The highest BCUT2D eigenvalue weighted by atomic mass is 32.2. The summed E-state index contributed by atoms with van der Waals surface area (Å²) in [5, 5.41) is 9.73. The Kier molecular flexibility index (Phi) is 8.43. The fourth-order valence-electron chi connectivity index (χ4n) is 3.68. The molecular formula is C22H30N2O6S2. The number of aryl methyl sites for hydroxylation is 1. The smallest absolute Gasteiger partial charge is 0.240 e. The predicted molar refractivity (Wildman–Crippen MR) is 122 cm³/mol. The van der Waals surface area contributed by atoms with E-state index >= 15 is 0 Å². The van der Waals surface area contributed by atoms with E-state index in [1.54, 1.807) is 48.5 Å². The molecule has 3 rings (SSSR count). The van der Waals surface area contributed by atoms with Crippen molar-refractivity contribution in [3.63, 3.8) is 0 Å². The third kappa shape index (κ3) is 7.09. The molecule has 0 saturated carbocycles. The number of nitrogens with one attached hydrogen (secondary N) is 2. The summed E-state index contributed by atoms with van der Waals surface area (Å²) in [4.78, 5) is 0.162. The summed E-state index contributed by atoms with van der Waals surface area (Å²) in [6, 6.07) is 14.9. The van der Waals surface area contributed by atoms with E-state index in [4.69, 9.17) is 4.74 Å². The van der Waals surface area contributed by atoms with Gasteiger partial charge < -0.3 is 9.84 Å². The predicted octanol–water partition coefficient (Wildman–Crippen LogP) is 1.69. The Morgan fingerprint density at radius 2 is 1.69 bits per heavy atom. The van der Waals surface area contributed by atoms with Crippen molar-refractivity contribution in [2.24, 2.45) is 0 Å². The van der Waals surface area contributed by atoms with Crippen molar-refractivity contribution in [3.8, 4) is 0 Å². The first kappa shape index (κ1) is 24.8. The van der Waals surface area contributed by atoms with Gasteiger partial charge >= 0.3 is 0 Å². The Bertz CT molecular complexity index is 1070. The molecule has 1 aliphatic heterocycles. The van der Waals surface area contributed by atoms with Crippen molar-refractivity contribution < 1.29 is 26.7 Å². The molecule has 0 aromatic heterocycles. The summed E-state index contributed by atoms with van der Waals surface area (Å²) < 4.78 is 60.9. The molecule has 1 aliphatic rings.